The lowest BCUT2D eigenvalue weighted by atomic mass is 10.0. The van der Waals surface area contributed by atoms with E-state index in [-0.39, 0.29) is 6.10 Å². The van der Waals surface area contributed by atoms with Crippen molar-refractivity contribution in [2.24, 2.45) is 5.92 Å². The number of anilines is 1. The van der Waals surface area contributed by atoms with Crippen LogP contribution in [0, 0.1) is 5.92 Å². The molecular weight excluding hydrogens is 246 g/mol. The molecule has 0 amide bonds. The van der Waals surface area contributed by atoms with Crippen molar-refractivity contribution in [1.29, 1.82) is 0 Å². The van der Waals surface area contributed by atoms with Gasteiger partial charge in [0.05, 0.1) is 6.10 Å². The molecule has 3 unspecified atom stereocenters. The third-order valence-electron chi connectivity index (χ3n) is 4.22. The number of hydrogen-bond acceptors (Lipinski definition) is 2. The van der Waals surface area contributed by atoms with Crippen molar-refractivity contribution in [2.75, 3.05) is 19.0 Å². The van der Waals surface area contributed by atoms with Gasteiger partial charge in [0, 0.05) is 19.8 Å². The van der Waals surface area contributed by atoms with Crippen molar-refractivity contribution >= 4 is 5.69 Å². The average Bonchev–Trinajstić information content (AvgIpc) is 3.28. The minimum absolute atomic E-state index is 0.351. The maximum Gasteiger partial charge on any atom is 0.0824 e. The minimum atomic E-state index is -0.351. The first-order valence-corrected chi connectivity index (χ1v) is 7.17. The SMILES string of the molecule is CN(C)c1ccc(C(O)C2CC2c2ccccc2)cc1. The van der Waals surface area contributed by atoms with E-state index >= 15 is 0 Å². The highest BCUT2D eigenvalue weighted by molar-refractivity contribution is 5.46. The van der Waals surface area contributed by atoms with Crippen LogP contribution in [0.15, 0.2) is 54.6 Å². The van der Waals surface area contributed by atoms with Crippen LogP contribution in [-0.2, 0) is 0 Å². The molecule has 2 aromatic rings. The Morgan fingerprint density at radius 2 is 1.65 bits per heavy atom. The minimum Gasteiger partial charge on any atom is -0.388 e. The summed E-state index contributed by atoms with van der Waals surface area (Å²) in [5.74, 6) is 0.877. The summed E-state index contributed by atoms with van der Waals surface area (Å²) in [4.78, 5) is 2.07. The first-order chi connectivity index (χ1) is 9.66. The zero-order chi connectivity index (χ0) is 14.1. The summed E-state index contributed by atoms with van der Waals surface area (Å²) in [6.45, 7) is 0. The van der Waals surface area contributed by atoms with Crippen LogP contribution in [0.25, 0.3) is 0 Å². The Morgan fingerprint density at radius 1 is 1.00 bits per heavy atom. The number of hydrogen-bond donors (Lipinski definition) is 1. The molecule has 1 aliphatic carbocycles. The number of nitrogens with zero attached hydrogens (tertiary/aromatic N) is 1. The predicted octanol–water partition coefficient (Wildman–Crippen LogP) is 3.59. The van der Waals surface area contributed by atoms with Crippen LogP contribution in [0.5, 0.6) is 0 Å². The van der Waals surface area contributed by atoms with Gasteiger partial charge in [0.25, 0.3) is 0 Å². The van der Waals surface area contributed by atoms with E-state index in [9.17, 15) is 5.11 Å². The number of aliphatic hydroxyl groups excluding tert-OH is 1. The zero-order valence-electron chi connectivity index (χ0n) is 12.0. The van der Waals surface area contributed by atoms with E-state index in [0.717, 1.165) is 17.7 Å². The van der Waals surface area contributed by atoms with E-state index in [1.807, 2.05) is 32.3 Å². The van der Waals surface area contributed by atoms with Gasteiger partial charge in [-0.05, 0) is 41.5 Å². The molecule has 0 heterocycles. The molecule has 2 heteroatoms. The van der Waals surface area contributed by atoms with Crippen LogP contribution in [0.2, 0.25) is 0 Å². The highest BCUT2D eigenvalue weighted by Gasteiger charge is 2.43. The van der Waals surface area contributed by atoms with Gasteiger partial charge in [-0.1, -0.05) is 42.5 Å². The number of rotatable bonds is 4. The highest BCUT2D eigenvalue weighted by Crippen LogP contribution is 2.53. The van der Waals surface area contributed by atoms with E-state index in [2.05, 4.69) is 41.3 Å². The van der Waals surface area contributed by atoms with Crippen LogP contribution in [0.4, 0.5) is 5.69 Å². The second-order valence-electron chi connectivity index (χ2n) is 5.85. The van der Waals surface area contributed by atoms with Gasteiger partial charge in [0.2, 0.25) is 0 Å². The average molecular weight is 267 g/mol. The highest BCUT2D eigenvalue weighted by atomic mass is 16.3. The third-order valence-corrected chi connectivity index (χ3v) is 4.22. The van der Waals surface area contributed by atoms with E-state index in [1.54, 1.807) is 0 Å². The Hall–Kier alpha value is -1.80. The Bertz CT molecular complexity index is 562. The molecule has 3 rings (SSSR count). The Morgan fingerprint density at radius 3 is 2.25 bits per heavy atom. The van der Waals surface area contributed by atoms with Crippen molar-refractivity contribution in [3.05, 3.63) is 65.7 Å². The summed E-state index contributed by atoms with van der Waals surface area (Å²) in [5.41, 5.74) is 3.54. The topological polar surface area (TPSA) is 23.5 Å². The normalized spacial score (nSPS) is 22.4. The maximum absolute atomic E-state index is 10.5. The van der Waals surface area contributed by atoms with Crippen LogP contribution in [0.3, 0.4) is 0 Å². The van der Waals surface area contributed by atoms with Crippen molar-refractivity contribution in [3.8, 4) is 0 Å². The largest absolute Gasteiger partial charge is 0.388 e. The molecule has 0 aromatic heterocycles. The summed E-state index contributed by atoms with van der Waals surface area (Å²) in [7, 11) is 4.05. The van der Waals surface area contributed by atoms with Crippen molar-refractivity contribution in [2.45, 2.75) is 18.4 Å². The molecule has 0 saturated heterocycles. The molecule has 3 atom stereocenters. The van der Waals surface area contributed by atoms with E-state index < -0.39 is 0 Å². The number of benzene rings is 2. The van der Waals surface area contributed by atoms with E-state index in [4.69, 9.17) is 0 Å². The summed E-state index contributed by atoms with van der Waals surface area (Å²) < 4.78 is 0. The van der Waals surface area contributed by atoms with Crippen molar-refractivity contribution in [3.63, 3.8) is 0 Å². The Balaban J connectivity index is 1.70. The molecular formula is C18H21NO. The van der Waals surface area contributed by atoms with E-state index in [0.29, 0.717) is 11.8 Å². The quantitative estimate of drug-likeness (QED) is 0.915. The summed E-state index contributed by atoms with van der Waals surface area (Å²) >= 11 is 0. The molecule has 2 aromatic carbocycles. The first kappa shape index (κ1) is 13.2. The Labute approximate surface area is 120 Å². The van der Waals surface area contributed by atoms with Gasteiger partial charge in [-0.15, -0.1) is 0 Å². The molecule has 20 heavy (non-hydrogen) atoms. The van der Waals surface area contributed by atoms with Gasteiger partial charge in [-0.2, -0.15) is 0 Å². The lowest BCUT2D eigenvalue weighted by Crippen LogP contribution is -2.09. The van der Waals surface area contributed by atoms with Crippen LogP contribution in [0.1, 0.15) is 29.6 Å². The first-order valence-electron chi connectivity index (χ1n) is 7.17. The monoisotopic (exact) mass is 267 g/mol. The third kappa shape index (κ3) is 2.56. The fourth-order valence-electron chi connectivity index (χ4n) is 2.86. The van der Waals surface area contributed by atoms with E-state index in [1.165, 1.54) is 5.56 Å². The van der Waals surface area contributed by atoms with Crippen molar-refractivity contribution < 1.29 is 5.11 Å². The van der Waals surface area contributed by atoms with Gasteiger partial charge in [-0.3, -0.25) is 0 Å². The predicted molar refractivity (Wildman–Crippen MR) is 83.0 cm³/mol. The molecule has 1 fully saturated rings. The molecule has 0 radical (unpaired) electrons. The molecule has 2 nitrogen and oxygen atoms in total. The molecule has 0 bridgehead atoms. The molecule has 104 valence electrons. The molecule has 1 aliphatic rings. The lowest BCUT2D eigenvalue weighted by Gasteiger charge is -2.15. The summed E-state index contributed by atoms with van der Waals surface area (Å²) in [6.07, 6.45) is 0.733. The van der Waals surface area contributed by atoms with Gasteiger partial charge in [-0.25, -0.2) is 0 Å². The van der Waals surface area contributed by atoms with Gasteiger partial charge in [0.1, 0.15) is 0 Å². The van der Waals surface area contributed by atoms with Gasteiger partial charge >= 0.3 is 0 Å². The van der Waals surface area contributed by atoms with Crippen LogP contribution in [-0.4, -0.2) is 19.2 Å². The Kier molecular flexibility index (Phi) is 3.49. The standard InChI is InChI=1S/C18H21NO/c1-19(2)15-10-8-14(9-11-15)18(20)17-12-16(17)13-6-4-3-5-7-13/h3-11,16-18,20H,12H2,1-2H3. The van der Waals surface area contributed by atoms with Gasteiger partial charge in [0.15, 0.2) is 0 Å². The summed E-state index contributed by atoms with van der Waals surface area (Å²) in [6, 6.07) is 18.7. The molecule has 1 saturated carbocycles. The zero-order valence-corrected chi connectivity index (χ0v) is 12.0. The molecule has 0 spiro atoms. The second kappa shape index (κ2) is 5.29. The fourth-order valence-corrected chi connectivity index (χ4v) is 2.86. The van der Waals surface area contributed by atoms with Crippen LogP contribution < -0.4 is 4.90 Å². The second-order valence-corrected chi connectivity index (χ2v) is 5.85. The van der Waals surface area contributed by atoms with Crippen molar-refractivity contribution in [1.82, 2.24) is 0 Å². The van der Waals surface area contributed by atoms with Gasteiger partial charge < -0.3 is 10.0 Å². The summed E-state index contributed by atoms with van der Waals surface area (Å²) in [5, 5.41) is 10.5. The molecule has 1 N–H and O–H groups in total. The lowest BCUT2D eigenvalue weighted by molar-refractivity contribution is 0.151. The maximum atomic E-state index is 10.5. The number of aliphatic hydroxyl groups is 1. The fraction of sp³-hybridized carbons (Fsp3) is 0.333. The van der Waals surface area contributed by atoms with Crippen LogP contribution >= 0.6 is 0 Å². The molecule has 0 aliphatic heterocycles. The smallest absolute Gasteiger partial charge is 0.0824 e.